The van der Waals surface area contributed by atoms with Crippen molar-refractivity contribution in [3.8, 4) is 17.6 Å². The van der Waals surface area contributed by atoms with E-state index in [1.807, 2.05) is 0 Å². The normalized spacial score (nSPS) is 9.80. The molecule has 2 aromatic rings. The summed E-state index contributed by atoms with van der Waals surface area (Å²) in [7, 11) is 0. The van der Waals surface area contributed by atoms with Crippen LogP contribution in [0.15, 0.2) is 36.4 Å². The smallest absolute Gasteiger partial charge is 0.259 e. The van der Waals surface area contributed by atoms with Crippen LogP contribution in [0.4, 0.5) is 10.1 Å². The van der Waals surface area contributed by atoms with E-state index < -0.39 is 23.2 Å². The molecule has 3 N–H and O–H groups in total. The summed E-state index contributed by atoms with van der Waals surface area (Å²) in [5.41, 5.74) is -0.189. The van der Waals surface area contributed by atoms with Gasteiger partial charge in [0.05, 0.1) is 22.9 Å². The third kappa shape index (κ3) is 2.52. The fourth-order valence-corrected chi connectivity index (χ4v) is 1.59. The van der Waals surface area contributed by atoms with E-state index in [1.54, 1.807) is 6.07 Å². The summed E-state index contributed by atoms with van der Waals surface area (Å²) in [5, 5.41) is 29.7. The van der Waals surface area contributed by atoms with Crippen LogP contribution >= 0.6 is 0 Å². The number of anilines is 1. The lowest BCUT2D eigenvalue weighted by atomic mass is 10.1. The molecule has 0 saturated carbocycles. The van der Waals surface area contributed by atoms with Crippen molar-refractivity contribution in [3.63, 3.8) is 0 Å². The Morgan fingerprint density at radius 3 is 2.65 bits per heavy atom. The van der Waals surface area contributed by atoms with Gasteiger partial charge in [-0.25, -0.2) is 4.39 Å². The molecule has 0 aliphatic carbocycles. The van der Waals surface area contributed by atoms with Gasteiger partial charge in [-0.3, -0.25) is 4.79 Å². The van der Waals surface area contributed by atoms with Crippen LogP contribution in [0.25, 0.3) is 0 Å². The molecule has 5 nitrogen and oxygen atoms in total. The predicted molar refractivity (Wildman–Crippen MR) is 68.8 cm³/mol. The number of aromatic hydroxyl groups is 2. The van der Waals surface area contributed by atoms with Gasteiger partial charge in [0.2, 0.25) is 0 Å². The highest BCUT2D eigenvalue weighted by molar-refractivity contribution is 6.06. The summed E-state index contributed by atoms with van der Waals surface area (Å²) >= 11 is 0. The van der Waals surface area contributed by atoms with Crippen LogP contribution in [0.1, 0.15) is 15.9 Å². The molecule has 0 aliphatic heterocycles. The first kappa shape index (κ1) is 13.4. The molecule has 20 heavy (non-hydrogen) atoms. The first-order chi connectivity index (χ1) is 9.52. The van der Waals surface area contributed by atoms with E-state index in [0.29, 0.717) is 0 Å². The molecular weight excluding hydrogens is 263 g/mol. The van der Waals surface area contributed by atoms with Crippen LogP contribution in [-0.4, -0.2) is 16.1 Å². The van der Waals surface area contributed by atoms with Crippen molar-refractivity contribution < 1.29 is 19.4 Å². The molecule has 1 amide bonds. The number of halogens is 1. The number of hydrogen-bond acceptors (Lipinski definition) is 4. The Bertz CT molecular complexity index is 723. The van der Waals surface area contributed by atoms with Crippen molar-refractivity contribution >= 4 is 11.6 Å². The molecule has 0 saturated heterocycles. The van der Waals surface area contributed by atoms with Gasteiger partial charge in [0.25, 0.3) is 5.91 Å². The van der Waals surface area contributed by atoms with Crippen LogP contribution in [0, 0.1) is 17.1 Å². The Hall–Kier alpha value is -3.07. The second-order valence-corrected chi connectivity index (χ2v) is 3.93. The minimum Gasteiger partial charge on any atom is -0.504 e. The third-order valence-corrected chi connectivity index (χ3v) is 2.61. The molecule has 2 aromatic carbocycles. The molecular formula is C14H9FN2O3. The molecule has 0 radical (unpaired) electrons. The van der Waals surface area contributed by atoms with E-state index in [0.717, 1.165) is 6.07 Å². The fraction of sp³-hybridized carbons (Fsp3) is 0. The van der Waals surface area contributed by atoms with Crippen LogP contribution < -0.4 is 5.32 Å². The largest absolute Gasteiger partial charge is 0.504 e. The third-order valence-electron chi connectivity index (χ3n) is 2.61. The van der Waals surface area contributed by atoms with E-state index in [9.17, 15) is 19.4 Å². The zero-order chi connectivity index (χ0) is 14.7. The predicted octanol–water partition coefficient (Wildman–Crippen LogP) is 2.36. The van der Waals surface area contributed by atoms with Gasteiger partial charge in [0.15, 0.2) is 11.5 Å². The highest BCUT2D eigenvalue weighted by Crippen LogP contribution is 2.29. The number of phenolic OH excluding ortho intramolecular Hbond substituents is 2. The highest BCUT2D eigenvalue weighted by Gasteiger charge is 2.15. The monoisotopic (exact) mass is 272 g/mol. The number of phenols is 2. The van der Waals surface area contributed by atoms with Crippen molar-refractivity contribution in [2.75, 3.05) is 5.32 Å². The second kappa shape index (κ2) is 5.28. The van der Waals surface area contributed by atoms with E-state index >= 15 is 0 Å². The number of nitrogens with one attached hydrogen (secondary N) is 1. The molecule has 0 spiro atoms. The lowest BCUT2D eigenvalue weighted by Gasteiger charge is -2.08. The summed E-state index contributed by atoms with van der Waals surface area (Å²) < 4.78 is 13.6. The van der Waals surface area contributed by atoms with Gasteiger partial charge < -0.3 is 15.5 Å². The maximum Gasteiger partial charge on any atom is 0.259 e. The lowest BCUT2D eigenvalue weighted by molar-refractivity contribution is 0.102. The topological polar surface area (TPSA) is 93.4 Å². The minimum atomic E-state index is -0.776. The van der Waals surface area contributed by atoms with Gasteiger partial charge in [-0.2, -0.15) is 5.26 Å². The zero-order valence-corrected chi connectivity index (χ0v) is 10.1. The quantitative estimate of drug-likeness (QED) is 0.731. The number of carbonyl (C=O) groups excluding carboxylic acids is 1. The number of carbonyl (C=O) groups is 1. The van der Waals surface area contributed by atoms with Crippen LogP contribution in [-0.2, 0) is 0 Å². The Morgan fingerprint density at radius 2 is 2.00 bits per heavy atom. The average Bonchev–Trinajstić information content (AvgIpc) is 2.44. The summed E-state index contributed by atoms with van der Waals surface area (Å²) in [4.78, 5) is 11.9. The van der Waals surface area contributed by atoms with Crippen molar-refractivity contribution in [1.29, 1.82) is 5.26 Å². The van der Waals surface area contributed by atoms with Gasteiger partial charge in [-0.05, 0) is 30.3 Å². The Kier molecular flexibility index (Phi) is 3.53. The summed E-state index contributed by atoms with van der Waals surface area (Å²) in [6.07, 6.45) is 0. The molecule has 0 aromatic heterocycles. The molecule has 2 rings (SSSR count). The number of hydrogen-bond donors (Lipinski definition) is 3. The average molecular weight is 272 g/mol. The van der Waals surface area contributed by atoms with Gasteiger partial charge in [-0.1, -0.05) is 6.07 Å². The summed E-state index contributed by atoms with van der Waals surface area (Å²) in [6.45, 7) is 0. The standard InChI is InChI=1S/C14H9FN2O3/c15-10-6-8(7-16)4-5-11(10)17-14(20)9-2-1-3-12(18)13(9)19/h1-6,18-19H,(H,17,20). The van der Waals surface area contributed by atoms with Crippen molar-refractivity contribution in [1.82, 2.24) is 0 Å². The maximum absolute atomic E-state index is 13.6. The molecule has 6 heteroatoms. The fourth-order valence-electron chi connectivity index (χ4n) is 1.59. The molecule has 0 fully saturated rings. The number of para-hydroxylation sites is 1. The maximum atomic E-state index is 13.6. The van der Waals surface area contributed by atoms with E-state index in [1.165, 1.54) is 30.3 Å². The number of amides is 1. The molecule has 0 heterocycles. The lowest BCUT2D eigenvalue weighted by Crippen LogP contribution is -2.13. The molecule has 0 unspecified atom stereocenters. The molecule has 100 valence electrons. The van der Waals surface area contributed by atoms with Crippen LogP contribution in [0.3, 0.4) is 0 Å². The van der Waals surface area contributed by atoms with Crippen LogP contribution in [0.5, 0.6) is 11.5 Å². The zero-order valence-electron chi connectivity index (χ0n) is 10.1. The minimum absolute atomic E-state index is 0.126. The van der Waals surface area contributed by atoms with Crippen molar-refractivity contribution in [3.05, 3.63) is 53.3 Å². The van der Waals surface area contributed by atoms with E-state index in [-0.39, 0.29) is 16.8 Å². The summed E-state index contributed by atoms with van der Waals surface area (Å²) in [6, 6.07) is 9.22. The van der Waals surface area contributed by atoms with Crippen molar-refractivity contribution in [2.45, 2.75) is 0 Å². The van der Waals surface area contributed by atoms with Gasteiger partial charge in [0.1, 0.15) is 5.82 Å². The Balaban J connectivity index is 2.29. The number of nitrogens with zero attached hydrogens (tertiary/aromatic N) is 1. The molecule has 0 atom stereocenters. The second-order valence-electron chi connectivity index (χ2n) is 3.93. The SMILES string of the molecule is N#Cc1ccc(NC(=O)c2cccc(O)c2O)c(F)c1. The Morgan fingerprint density at radius 1 is 1.25 bits per heavy atom. The van der Waals surface area contributed by atoms with Crippen molar-refractivity contribution in [2.24, 2.45) is 0 Å². The highest BCUT2D eigenvalue weighted by atomic mass is 19.1. The summed E-state index contributed by atoms with van der Waals surface area (Å²) in [5.74, 6) is -2.57. The first-order valence-corrected chi connectivity index (χ1v) is 5.55. The van der Waals surface area contributed by atoms with E-state index in [4.69, 9.17) is 5.26 Å². The molecule has 0 aliphatic rings. The van der Waals surface area contributed by atoms with E-state index in [2.05, 4.69) is 5.32 Å². The number of rotatable bonds is 2. The van der Waals surface area contributed by atoms with Gasteiger partial charge in [0, 0.05) is 0 Å². The Labute approximate surface area is 113 Å². The van der Waals surface area contributed by atoms with Gasteiger partial charge in [-0.15, -0.1) is 0 Å². The number of nitriles is 1. The first-order valence-electron chi connectivity index (χ1n) is 5.55. The number of benzene rings is 2. The van der Waals surface area contributed by atoms with Crippen LogP contribution in [0.2, 0.25) is 0 Å². The molecule has 0 bridgehead atoms. The van der Waals surface area contributed by atoms with Gasteiger partial charge >= 0.3 is 0 Å².